The van der Waals surface area contributed by atoms with Crippen LogP contribution in [0.15, 0.2) is 9.17 Å². The SMILES string of the molecule is O=C1NCCCCC1N1Cc2c(csc2Br)C1=O. The number of hydrogen-bond acceptors (Lipinski definition) is 3. The second kappa shape index (κ2) is 4.66. The molecule has 0 aliphatic carbocycles. The van der Waals surface area contributed by atoms with Crippen molar-refractivity contribution in [2.24, 2.45) is 0 Å². The van der Waals surface area contributed by atoms with Gasteiger partial charge in [0.1, 0.15) is 6.04 Å². The number of carbonyl (C=O) groups is 2. The lowest BCUT2D eigenvalue weighted by molar-refractivity contribution is -0.125. The molecule has 1 saturated heterocycles. The van der Waals surface area contributed by atoms with Crippen LogP contribution >= 0.6 is 27.3 Å². The maximum absolute atomic E-state index is 12.3. The summed E-state index contributed by atoms with van der Waals surface area (Å²) in [4.78, 5) is 26.0. The molecule has 2 aliphatic rings. The first-order chi connectivity index (χ1) is 8.68. The van der Waals surface area contributed by atoms with E-state index in [0.717, 1.165) is 40.7 Å². The van der Waals surface area contributed by atoms with E-state index in [1.807, 2.05) is 5.38 Å². The van der Waals surface area contributed by atoms with Gasteiger partial charge in [-0.2, -0.15) is 0 Å². The Morgan fingerprint density at radius 2 is 2.22 bits per heavy atom. The van der Waals surface area contributed by atoms with E-state index in [0.29, 0.717) is 6.54 Å². The first-order valence-corrected chi connectivity index (χ1v) is 7.70. The third-order valence-electron chi connectivity index (χ3n) is 3.54. The number of nitrogens with one attached hydrogen (secondary N) is 1. The fraction of sp³-hybridized carbons (Fsp3) is 0.500. The van der Waals surface area contributed by atoms with Crippen LogP contribution in [0.2, 0.25) is 0 Å². The Balaban J connectivity index is 1.86. The highest BCUT2D eigenvalue weighted by atomic mass is 79.9. The van der Waals surface area contributed by atoms with Gasteiger partial charge in [-0.15, -0.1) is 11.3 Å². The maximum atomic E-state index is 12.3. The van der Waals surface area contributed by atoms with E-state index in [4.69, 9.17) is 0 Å². The Bertz CT molecular complexity index is 514. The first kappa shape index (κ1) is 12.2. The van der Waals surface area contributed by atoms with E-state index in [1.54, 1.807) is 4.90 Å². The van der Waals surface area contributed by atoms with Crippen LogP contribution < -0.4 is 5.32 Å². The molecule has 2 aliphatic heterocycles. The zero-order valence-electron chi connectivity index (χ0n) is 9.74. The Morgan fingerprint density at radius 3 is 3.00 bits per heavy atom. The predicted molar refractivity (Wildman–Crippen MR) is 72.5 cm³/mol. The second-order valence-corrected chi connectivity index (χ2v) is 6.83. The average Bonchev–Trinajstić information content (AvgIpc) is 2.78. The quantitative estimate of drug-likeness (QED) is 0.858. The van der Waals surface area contributed by atoms with Gasteiger partial charge in [-0.05, 0) is 35.2 Å². The van der Waals surface area contributed by atoms with Gasteiger partial charge in [-0.1, -0.05) is 0 Å². The van der Waals surface area contributed by atoms with Crippen molar-refractivity contribution in [3.63, 3.8) is 0 Å². The number of fused-ring (bicyclic) bond motifs is 1. The van der Waals surface area contributed by atoms with Crippen LogP contribution in [0.25, 0.3) is 0 Å². The lowest BCUT2D eigenvalue weighted by Crippen LogP contribution is -2.45. The normalized spacial score (nSPS) is 23.8. The molecule has 1 unspecified atom stereocenters. The number of halogens is 1. The summed E-state index contributed by atoms with van der Waals surface area (Å²) in [6.45, 7) is 1.28. The zero-order valence-corrected chi connectivity index (χ0v) is 12.1. The van der Waals surface area contributed by atoms with Crippen LogP contribution in [0, 0.1) is 0 Å². The molecule has 3 rings (SSSR count). The summed E-state index contributed by atoms with van der Waals surface area (Å²) in [5.74, 6) is -0.0141. The number of carbonyl (C=O) groups excluding carboxylic acids is 2. The van der Waals surface area contributed by atoms with Crippen molar-refractivity contribution < 1.29 is 9.59 Å². The summed E-state index contributed by atoms with van der Waals surface area (Å²) in [5.41, 5.74) is 1.78. The zero-order chi connectivity index (χ0) is 12.7. The lowest BCUT2D eigenvalue weighted by Gasteiger charge is -2.25. The molecule has 1 fully saturated rings. The van der Waals surface area contributed by atoms with E-state index in [2.05, 4.69) is 21.2 Å². The van der Waals surface area contributed by atoms with Crippen molar-refractivity contribution in [1.82, 2.24) is 10.2 Å². The van der Waals surface area contributed by atoms with Gasteiger partial charge in [-0.25, -0.2) is 0 Å². The molecule has 0 saturated carbocycles. The van der Waals surface area contributed by atoms with Crippen LogP contribution in [0.4, 0.5) is 0 Å². The highest BCUT2D eigenvalue weighted by Crippen LogP contribution is 2.36. The van der Waals surface area contributed by atoms with E-state index < -0.39 is 0 Å². The number of amides is 2. The number of rotatable bonds is 1. The van der Waals surface area contributed by atoms with Gasteiger partial charge in [0.05, 0.1) is 9.35 Å². The van der Waals surface area contributed by atoms with Crippen LogP contribution in [0.5, 0.6) is 0 Å². The van der Waals surface area contributed by atoms with Crippen molar-refractivity contribution in [3.8, 4) is 0 Å². The minimum Gasteiger partial charge on any atom is -0.354 e. The molecule has 0 bridgehead atoms. The standard InChI is InChI=1S/C12H13BrN2O2S/c13-10-7-5-15(12(17)8(7)6-18-10)9-3-1-2-4-14-11(9)16/h6,9H,1-5H2,(H,14,16). The molecule has 1 aromatic rings. The minimum atomic E-state index is -0.302. The summed E-state index contributed by atoms with van der Waals surface area (Å²) in [5, 5.41) is 4.76. The van der Waals surface area contributed by atoms with Crippen LogP contribution in [-0.2, 0) is 11.3 Å². The van der Waals surface area contributed by atoms with E-state index in [-0.39, 0.29) is 17.9 Å². The van der Waals surface area contributed by atoms with Crippen molar-refractivity contribution in [2.45, 2.75) is 31.8 Å². The largest absolute Gasteiger partial charge is 0.354 e. The van der Waals surface area contributed by atoms with Gasteiger partial charge in [0, 0.05) is 24.0 Å². The third-order valence-corrected chi connectivity index (χ3v) is 5.39. The Morgan fingerprint density at radius 1 is 1.39 bits per heavy atom. The van der Waals surface area contributed by atoms with Gasteiger partial charge in [0.2, 0.25) is 5.91 Å². The fourth-order valence-corrected chi connectivity index (χ4v) is 3.96. The average molecular weight is 329 g/mol. The molecule has 96 valence electrons. The van der Waals surface area contributed by atoms with Crippen molar-refractivity contribution in [2.75, 3.05) is 6.54 Å². The molecule has 2 amide bonds. The van der Waals surface area contributed by atoms with Gasteiger partial charge in [-0.3, -0.25) is 9.59 Å². The molecule has 1 aromatic heterocycles. The van der Waals surface area contributed by atoms with Crippen LogP contribution in [0.3, 0.4) is 0 Å². The third kappa shape index (κ3) is 1.87. The van der Waals surface area contributed by atoms with Crippen molar-refractivity contribution >= 4 is 39.1 Å². The molecule has 0 radical (unpaired) electrons. The molecule has 6 heteroatoms. The van der Waals surface area contributed by atoms with Gasteiger partial charge < -0.3 is 10.2 Å². The smallest absolute Gasteiger partial charge is 0.256 e. The van der Waals surface area contributed by atoms with Gasteiger partial charge in [0.15, 0.2) is 0 Å². The molecular weight excluding hydrogens is 316 g/mol. The summed E-state index contributed by atoms with van der Waals surface area (Å²) < 4.78 is 1.00. The van der Waals surface area contributed by atoms with Crippen LogP contribution in [0.1, 0.15) is 35.2 Å². The summed E-state index contributed by atoms with van der Waals surface area (Å²) in [6, 6.07) is -0.302. The Labute approximate surface area is 117 Å². The molecule has 1 atom stereocenters. The molecular formula is C12H13BrN2O2S. The van der Waals surface area contributed by atoms with E-state index in [1.165, 1.54) is 11.3 Å². The lowest BCUT2D eigenvalue weighted by atomic mass is 10.1. The topological polar surface area (TPSA) is 49.4 Å². The molecule has 0 spiro atoms. The molecule has 18 heavy (non-hydrogen) atoms. The number of hydrogen-bond donors (Lipinski definition) is 1. The predicted octanol–water partition coefficient (Wildman–Crippen LogP) is 2.14. The highest BCUT2D eigenvalue weighted by Gasteiger charge is 2.38. The fourth-order valence-electron chi connectivity index (χ4n) is 2.55. The van der Waals surface area contributed by atoms with E-state index in [9.17, 15) is 9.59 Å². The Hall–Kier alpha value is -0.880. The minimum absolute atomic E-state index is 0.00556. The summed E-state index contributed by atoms with van der Waals surface area (Å²) in [7, 11) is 0. The van der Waals surface area contributed by atoms with E-state index >= 15 is 0 Å². The van der Waals surface area contributed by atoms with Crippen molar-refractivity contribution in [3.05, 3.63) is 20.3 Å². The second-order valence-electron chi connectivity index (χ2n) is 4.64. The molecule has 1 N–H and O–H groups in total. The molecule has 3 heterocycles. The number of thiophene rings is 1. The summed E-state index contributed by atoms with van der Waals surface area (Å²) in [6.07, 6.45) is 2.75. The van der Waals surface area contributed by atoms with Crippen LogP contribution in [-0.4, -0.2) is 29.3 Å². The van der Waals surface area contributed by atoms with Gasteiger partial charge >= 0.3 is 0 Å². The van der Waals surface area contributed by atoms with Gasteiger partial charge in [0.25, 0.3) is 5.91 Å². The van der Waals surface area contributed by atoms with Crippen molar-refractivity contribution in [1.29, 1.82) is 0 Å². The first-order valence-electron chi connectivity index (χ1n) is 6.03. The summed E-state index contributed by atoms with van der Waals surface area (Å²) >= 11 is 5.00. The molecule has 0 aromatic carbocycles. The molecule has 4 nitrogen and oxygen atoms in total. The highest BCUT2D eigenvalue weighted by molar-refractivity contribution is 9.11. The monoisotopic (exact) mass is 328 g/mol. The Kier molecular flexibility index (Phi) is 3.15. The number of nitrogens with zero attached hydrogens (tertiary/aromatic N) is 1. The maximum Gasteiger partial charge on any atom is 0.256 e.